The summed E-state index contributed by atoms with van der Waals surface area (Å²) in [5.41, 5.74) is 0.493. The number of hydrogen-bond acceptors (Lipinski definition) is 5. The van der Waals surface area contributed by atoms with Crippen molar-refractivity contribution in [3.63, 3.8) is 0 Å². The molecule has 1 fully saturated rings. The molecule has 26 heavy (non-hydrogen) atoms. The Morgan fingerprint density at radius 3 is 2.46 bits per heavy atom. The Morgan fingerprint density at radius 1 is 1.15 bits per heavy atom. The molecule has 0 aromatic heterocycles. The second-order valence-corrected chi connectivity index (χ2v) is 6.44. The summed E-state index contributed by atoms with van der Waals surface area (Å²) in [6.45, 7) is 2.03. The quantitative estimate of drug-likeness (QED) is 0.832. The van der Waals surface area contributed by atoms with E-state index in [0.717, 1.165) is 16.9 Å². The predicted molar refractivity (Wildman–Crippen MR) is 96.8 cm³/mol. The van der Waals surface area contributed by atoms with Crippen LogP contribution in [0.25, 0.3) is 0 Å². The number of aliphatic hydroxyl groups is 1. The summed E-state index contributed by atoms with van der Waals surface area (Å²) >= 11 is 0. The number of benzene rings is 2. The molecule has 0 bridgehead atoms. The van der Waals surface area contributed by atoms with Gasteiger partial charge >= 0.3 is 5.97 Å². The van der Waals surface area contributed by atoms with Gasteiger partial charge in [-0.2, -0.15) is 0 Å². The zero-order chi connectivity index (χ0) is 18.6. The van der Waals surface area contributed by atoms with Gasteiger partial charge in [-0.15, -0.1) is 0 Å². The molecular weight excluding hydrogens is 332 g/mol. The topological polar surface area (TPSA) is 65.0 Å². The van der Waals surface area contributed by atoms with Gasteiger partial charge in [-0.3, -0.25) is 0 Å². The third-order valence-electron chi connectivity index (χ3n) is 4.72. The molecule has 1 heterocycles. The fourth-order valence-corrected chi connectivity index (χ4v) is 3.36. The minimum atomic E-state index is -1.17. The standard InChI is InChI=1S/C21H24O5/c1-3-25-20(22)19-14-21(23,16-7-5-4-6-8-16)13-18(26-19)15-9-11-17(24-2)12-10-15/h4-12,18-19,23H,3,13-14H2,1-2H3/t18-,19+,21+/m1/s1. The average Bonchev–Trinajstić information content (AvgIpc) is 2.68. The van der Waals surface area contributed by atoms with Gasteiger partial charge in [-0.1, -0.05) is 42.5 Å². The minimum Gasteiger partial charge on any atom is -0.497 e. The van der Waals surface area contributed by atoms with E-state index in [1.165, 1.54) is 0 Å². The Kier molecular flexibility index (Phi) is 5.59. The summed E-state index contributed by atoms with van der Waals surface area (Å²) in [5, 5.41) is 11.4. The lowest BCUT2D eigenvalue weighted by atomic mass is 9.79. The van der Waals surface area contributed by atoms with Gasteiger partial charge in [0.1, 0.15) is 5.75 Å². The van der Waals surface area contributed by atoms with Crippen molar-refractivity contribution in [1.82, 2.24) is 0 Å². The highest BCUT2D eigenvalue weighted by molar-refractivity contribution is 5.75. The maximum absolute atomic E-state index is 12.3. The average molecular weight is 356 g/mol. The van der Waals surface area contributed by atoms with Gasteiger partial charge in [0.15, 0.2) is 6.10 Å². The van der Waals surface area contributed by atoms with Crippen LogP contribution in [0.1, 0.15) is 37.0 Å². The number of hydrogen-bond donors (Lipinski definition) is 1. The van der Waals surface area contributed by atoms with Crippen molar-refractivity contribution in [3.05, 3.63) is 65.7 Å². The lowest BCUT2D eigenvalue weighted by Crippen LogP contribution is -2.44. The van der Waals surface area contributed by atoms with Crippen molar-refractivity contribution >= 4 is 5.97 Å². The van der Waals surface area contributed by atoms with Gasteiger partial charge in [0.05, 0.1) is 25.4 Å². The normalized spacial score (nSPS) is 25.5. The molecule has 0 unspecified atom stereocenters. The molecule has 5 heteroatoms. The zero-order valence-electron chi connectivity index (χ0n) is 15.1. The monoisotopic (exact) mass is 356 g/mol. The van der Waals surface area contributed by atoms with E-state index in [2.05, 4.69) is 0 Å². The molecule has 0 radical (unpaired) electrons. The third-order valence-corrected chi connectivity index (χ3v) is 4.72. The van der Waals surface area contributed by atoms with Crippen molar-refractivity contribution < 1.29 is 24.1 Å². The highest BCUT2D eigenvalue weighted by Crippen LogP contribution is 2.43. The highest BCUT2D eigenvalue weighted by atomic mass is 16.6. The second kappa shape index (κ2) is 7.89. The van der Waals surface area contributed by atoms with Crippen molar-refractivity contribution in [2.24, 2.45) is 0 Å². The fraction of sp³-hybridized carbons (Fsp3) is 0.381. The van der Waals surface area contributed by atoms with Crippen molar-refractivity contribution in [2.75, 3.05) is 13.7 Å². The first-order chi connectivity index (χ1) is 12.6. The van der Waals surface area contributed by atoms with Gasteiger partial charge in [-0.05, 0) is 30.2 Å². The van der Waals surface area contributed by atoms with Crippen LogP contribution in [0.5, 0.6) is 5.75 Å². The minimum absolute atomic E-state index is 0.169. The molecule has 1 saturated heterocycles. The van der Waals surface area contributed by atoms with E-state index in [9.17, 15) is 9.90 Å². The molecule has 3 rings (SSSR count). The molecule has 3 atom stereocenters. The molecule has 1 N–H and O–H groups in total. The van der Waals surface area contributed by atoms with E-state index in [-0.39, 0.29) is 13.0 Å². The van der Waals surface area contributed by atoms with E-state index in [4.69, 9.17) is 14.2 Å². The van der Waals surface area contributed by atoms with Crippen LogP contribution in [-0.2, 0) is 19.9 Å². The number of rotatable bonds is 5. The first-order valence-electron chi connectivity index (χ1n) is 8.79. The summed E-state index contributed by atoms with van der Waals surface area (Å²) in [5.74, 6) is 0.296. The van der Waals surface area contributed by atoms with Crippen LogP contribution in [-0.4, -0.2) is 30.9 Å². The van der Waals surface area contributed by atoms with Crippen LogP contribution in [0.3, 0.4) is 0 Å². The number of esters is 1. The van der Waals surface area contributed by atoms with Gasteiger partial charge in [0.2, 0.25) is 0 Å². The van der Waals surface area contributed by atoms with Crippen LogP contribution in [0.4, 0.5) is 0 Å². The fourth-order valence-electron chi connectivity index (χ4n) is 3.36. The molecule has 138 valence electrons. The van der Waals surface area contributed by atoms with Crippen molar-refractivity contribution in [3.8, 4) is 5.75 Å². The van der Waals surface area contributed by atoms with Crippen molar-refractivity contribution in [1.29, 1.82) is 0 Å². The third kappa shape index (κ3) is 3.89. The number of carbonyl (C=O) groups is 1. The Balaban J connectivity index is 1.92. The molecule has 2 aromatic rings. The van der Waals surface area contributed by atoms with Crippen LogP contribution in [0.15, 0.2) is 54.6 Å². The Labute approximate surface area is 153 Å². The lowest BCUT2D eigenvalue weighted by Gasteiger charge is -2.41. The number of carbonyl (C=O) groups excluding carboxylic acids is 1. The number of ether oxygens (including phenoxy) is 3. The van der Waals surface area contributed by atoms with Gasteiger partial charge in [0.25, 0.3) is 0 Å². The summed E-state index contributed by atoms with van der Waals surface area (Å²) in [6.07, 6.45) is -0.711. The molecule has 2 aromatic carbocycles. The van der Waals surface area contributed by atoms with E-state index in [1.807, 2.05) is 54.6 Å². The van der Waals surface area contributed by atoms with Crippen LogP contribution in [0.2, 0.25) is 0 Å². The Morgan fingerprint density at radius 2 is 1.85 bits per heavy atom. The molecular formula is C21H24O5. The van der Waals surface area contributed by atoms with E-state index in [0.29, 0.717) is 6.42 Å². The largest absolute Gasteiger partial charge is 0.497 e. The Bertz CT molecular complexity index is 728. The molecule has 1 aliphatic heterocycles. The number of methoxy groups -OCH3 is 1. The van der Waals surface area contributed by atoms with Crippen LogP contribution < -0.4 is 4.74 Å². The highest BCUT2D eigenvalue weighted by Gasteiger charge is 2.44. The van der Waals surface area contributed by atoms with Gasteiger partial charge in [0, 0.05) is 12.8 Å². The second-order valence-electron chi connectivity index (χ2n) is 6.44. The zero-order valence-corrected chi connectivity index (χ0v) is 15.1. The van der Waals surface area contributed by atoms with Crippen LogP contribution >= 0.6 is 0 Å². The van der Waals surface area contributed by atoms with Gasteiger partial charge in [-0.25, -0.2) is 4.79 Å². The summed E-state index contributed by atoms with van der Waals surface area (Å²) in [4.78, 5) is 12.3. The summed E-state index contributed by atoms with van der Waals surface area (Å²) < 4.78 is 16.3. The SMILES string of the molecule is CCOC(=O)[C@@H]1C[C@](O)(c2ccccc2)C[C@H](c2ccc(OC)cc2)O1. The molecule has 0 spiro atoms. The molecule has 1 aliphatic rings. The molecule has 0 aliphatic carbocycles. The van der Waals surface area contributed by atoms with Crippen molar-refractivity contribution in [2.45, 2.75) is 37.6 Å². The van der Waals surface area contributed by atoms with Crippen LogP contribution in [0, 0.1) is 0 Å². The maximum atomic E-state index is 12.3. The first-order valence-corrected chi connectivity index (χ1v) is 8.79. The predicted octanol–water partition coefficient (Wildman–Crippen LogP) is 3.37. The molecule has 0 saturated carbocycles. The summed E-state index contributed by atoms with van der Waals surface area (Å²) in [6, 6.07) is 16.9. The molecule has 0 amide bonds. The van der Waals surface area contributed by atoms with Gasteiger partial charge < -0.3 is 19.3 Å². The summed E-state index contributed by atoms with van der Waals surface area (Å²) in [7, 11) is 1.61. The smallest absolute Gasteiger partial charge is 0.335 e. The molecule has 5 nitrogen and oxygen atoms in total. The van der Waals surface area contributed by atoms with E-state index < -0.39 is 23.8 Å². The van der Waals surface area contributed by atoms with E-state index >= 15 is 0 Å². The first kappa shape index (κ1) is 18.4. The Hall–Kier alpha value is -2.37. The maximum Gasteiger partial charge on any atom is 0.335 e. The van der Waals surface area contributed by atoms with E-state index in [1.54, 1.807) is 14.0 Å². The lowest BCUT2D eigenvalue weighted by molar-refractivity contribution is -0.187.